The second kappa shape index (κ2) is 8.92. The van der Waals surface area contributed by atoms with Crippen molar-refractivity contribution < 1.29 is 23.0 Å². The second-order valence-electron chi connectivity index (χ2n) is 5.99. The van der Waals surface area contributed by atoms with Gasteiger partial charge in [-0.3, -0.25) is 10.0 Å². The van der Waals surface area contributed by atoms with Crippen molar-refractivity contribution in [1.29, 1.82) is 0 Å². The lowest BCUT2D eigenvalue weighted by atomic mass is 10.1. The van der Waals surface area contributed by atoms with E-state index in [1.54, 1.807) is 11.5 Å². The van der Waals surface area contributed by atoms with E-state index in [2.05, 4.69) is 15.6 Å². The Morgan fingerprint density at radius 2 is 1.85 bits per heavy atom. The van der Waals surface area contributed by atoms with Gasteiger partial charge in [-0.05, 0) is 35.3 Å². The molecule has 2 rings (SSSR count). The molecule has 0 aliphatic carbocycles. The van der Waals surface area contributed by atoms with Crippen molar-refractivity contribution in [1.82, 2.24) is 20.1 Å². The van der Waals surface area contributed by atoms with E-state index in [9.17, 15) is 13.2 Å². The van der Waals surface area contributed by atoms with Crippen LogP contribution in [-0.2, 0) is 14.8 Å². The maximum absolute atomic E-state index is 12.3. The lowest BCUT2D eigenvalue weighted by Crippen LogP contribution is -2.22. The predicted octanol–water partition coefficient (Wildman–Crippen LogP) is 1.34. The number of anilines is 1. The Bertz CT molecular complexity index is 849. The van der Waals surface area contributed by atoms with Crippen LogP contribution >= 0.6 is 0 Å². The Balaban J connectivity index is 1.94. The van der Waals surface area contributed by atoms with Gasteiger partial charge in [-0.1, -0.05) is 12.8 Å². The number of nitrogens with zero attached hydrogens (tertiary/aromatic N) is 3. The van der Waals surface area contributed by atoms with Crippen LogP contribution in [0.5, 0.6) is 0 Å². The smallest absolute Gasteiger partial charge is 0.244 e. The van der Waals surface area contributed by atoms with Gasteiger partial charge in [0.15, 0.2) is 11.0 Å². The SMILES string of the molecule is CN(C)S(=O)(=O)c1ccc(NCCCCCCC(=O)NO)c2nonc12. The molecular formula is C15H23N5O5S. The maximum atomic E-state index is 12.3. The molecule has 11 heteroatoms. The zero-order chi connectivity index (χ0) is 19.2. The number of fused-ring (bicyclic) bond motifs is 1. The largest absolute Gasteiger partial charge is 0.383 e. The standard InChI is InChI=1S/C15H23N5O5S/c1-20(2)26(23,24)12-9-8-11(14-15(12)19-25-18-14)16-10-6-4-3-5-7-13(21)17-22/h8-9,16,22H,3-7,10H2,1-2H3,(H,17,21). The van der Waals surface area contributed by atoms with Crippen molar-refractivity contribution >= 4 is 32.7 Å². The van der Waals surface area contributed by atoms with Gasteiger partial charge in [0.2, 0.25) is 15.9 Å². The number of benzene rings is 1. The van der Waals surface area contributed by atoms with E-state index in [0.29, 0.717) is 30.6 Å². The molecule has 1 heterocycles. The van der Waals surface area contributed by atoms with Crippen LogP contribution < -0.4 is 10.8 Å². The summed E-state index contributed by atoms with van der Waals surface area (Å²) < 4.78 is 30.5. The molecular weight excluding hydrogens is 362 g/mol. The minimum atomic E-state index is -3.64. The highest BCUT2D eigenvalue weighted by Crippen LogP contribution is 2.28. The minimum Gasteiger partial charge on any atom is -0.383 e. The highest BCUT2D eigenvalue weighted by atomic mass is 32.2. The van der Waals surface area contributed by atoms with Gasteiger partial charge in [-0.25, -0.2) is 22.8 Å². The number of carbonyl (C=O) groups excluding carboxylic acids is 1. The van der Waals surface area contributed by atoms with E-state index >= 15 is 0 Å². The number of sulfonamides is 1. The van der Waals surface area contributed by atoms with Crippen molar-refractivity contribution in [2.24, 2.45) is 0 Å². The van der Waals surface area contributed by atoms with Gasteiger partial charge in [-0.15, -0.1) is 0 Å². The first-order valence-corrected chi connectivity index (χ1v) is 9.66. The molecule has 0 aliphatic rings. The summed E-state index contributed by atoms with van der Waals surface area (Å²) in [4.78, 5) is 10.9. The van der Waals surface area contributed by atoms with E-state index < -0.39 is 10.0 Å². The number of nitrogens with one attached hydrogen (secondary N) is 2. The van der Waals surface area contributed by atoms with Crippen LogP contribution in [-0.4, -0.2) is 54.8 Å². The Labute approximate surface area is 151 Å². The third-order valence-electron chi connectivity index (χ3n) is 3.91. The summed E-state index contributed by atoms with van der Waals surface area (Å²) >= 11 is 0. The fourth-order valence-electron chi connectivity index (χ4n) is 2.43. The summed E-state index contributed by atoms with van der Waals surface area (Å²) in [6.45, 7) is 0.661. The summed E-state index contributed by atoms with van der Waals surface area (Å²) in [5.74, 6) is -0.378. The molecule has 0 fully saturated rings. The average molecular weight is 385 g/mol. The van der Waals surface area contributed by atoms with Crippen LogP contribution in [0.1, 0.15) is 32.1 Å². The number of amides is 1. The van der Waals surface area contributed by atoms with Gasteiger partial charge in [-0.2, -0.15) is 0 Å². The van der Waals surface area contributed by atoms with E-state index in [1.165, 1.54) is 20.2 Å². The van der Waals surface area contributed by atoms with Gasteiger partial charge in [0.25, 0.3) is 0 Å². The summed E-state index contributed by atoms with van der Waals surface area (Å²) in [6.07, 6.45) is 3.66. The molecule has 1 aromatic carbocycles. The molecule has 0 saturated heterocycles. The number of rotatable bonds is 10. The molecule has 0 bridgehead atoms. The molecule has 0 atom stereocenters. The van der Waals surface area contributed by atoms with Gasteiger partial charge < -0.3 is 5.32 Å². The molecule has 0 saturated carbocycles. The number of hydrogen-bond donors (Lipinski definition) is 3. The normalized spacial score (nSPS) is 11.8. The first kappa shape index (κ1) is 20.1. The van der Waals surface area contributed by atoms with Gasteiger partial charge in [0.05, 0.1) is 5.69 Å². The Morgan fingerprint density at radius 3 is 2.54 bits per heavy atom. The summed E-state index contributed by atoms with van der Waals surface area (Å²) in [6, 6.07) is 3.13. The molecule has 0 unspecified atom stereocenters. The second-order valence-corrected chi connectivity index (χ2v) is 8.11. The number of hydrogen-bond acceptors (Lipinski definition) is 8. The zero-order valence-electron chi connectivity index (χ0n) is 14.7. The zero-order valence-corrected chi connectivity index (χ0v) is 15.5. The van der Waals surface area contributed by atoms with Crippen molar-refractivity contribution in [2.45, 2.75) is 37.0 Å². The van der Waals surface area contributed by atoms with Crippen LogP contribution in [0.2, 0.25) is 0 Å². The first-order chi connectivity index (χ1) is 12.4. The Kier molecular flexibility index (Phi) is 6.89. The van der Waals surface area contributed by atoms with E-state index in [0.717, 1.165) is 23.6 Å². The third-order valence-corrected chi connectivity index (χ3v) is 5.75. The van der Waals surface area contributed by atoms with Crippen molar-refractivity contribution in [3.63, 3.8) is 0 Å². The quantitative estimate of drug-likeness (QED) is 0.316. The third kappa shape index (κ3) is 4.68. The summed E-state index contributed by atoms with van der Waals surface area (Å²) in [7, 11) is -0.743. The van der Waals surface area contributed by atoms with E-state index in [-0.39, 0.29) is 16.3 Å². The Morgan fingerprint density at radius 1 is 1.15 bits per heavy atom. The average Bonchev–Trinajstić information content (AvgIpc) is 3.10. The van der Waals surface area contributed by atoms with Gasteiger partial charge >= 0.3 is 0 Å². The molecule has 0 aliphatic heterocycles. The molecule has 1 amide bonds. The predicted molar refractivity (Wildman–Crippen MR) is 94.2 cm³/mol. The highest BCUT2D eigenvalue weighted by Gasteiger charge is 2.24. The number of aromatic nitrogens is 2. The lowest BCUT2D eigenvalue weighted by molar-refractivity contribution is -0.129. The van der Waals surface area contributed by atoms with Crippen LogP contribution in [0.4, 0.5) is 5.69 Å². The molecule has 26 heavy (non-hydrogen) atoms. The molecule has 144 valence electrons. The van der Waals surface area contributed by atoms with Crippen LogP contribution in [0.15, 0.2) is 21.7 Å². The van der Waals surface area contributed by atoms with E-state index in [4.69, 9.17) is 9.84 Å². The fourth-order valence-corrected chi connectivity index (χ4v) is 3.45. The molecule has 2 aromatic rings. The van der Waals surface area contributed by atoms with Crippen molar-refractivity contribution in [3.05, 3.63) is 12.1 Å². The van der Waals surface area contributed by atoms with Gasteiger partial charge in [0, 0.05) is 27.1 Å². The molecule has 3 N–H and O–H groups in total. The van der Waals surface area contributed by atoms with Crippen molar-refractivity contribution in [3.8, 4) is 0 Å². The molecule has 0 radical (unpaired) electrons. The van der Waals surface area contributed by atoms with Crippen LogP contribution in [0.3, 0.4) is 0 Å². The van der Waals surface area contributed by atoms with Gasteiger partial charge in [0.1, 0.15) is 4.90 Å². The molecule has 10 nitrogen and oxygen atoms in total. The number of unbranched alkanes of at least 4 members (excludes halogenated alkanes) is 3. The topological polar surface area (TPSA) is 138 Å². The summed E-state index contributed by atoms with van der Waals surface area (Å²) in [5.41, 5.74) is 2.82. The van der Waals surface area contributed by atoms with Crippen molar-refractivity contribution in [2.75, 3.05) is 26.0 Å². The fraction of sp³-hybridized carbons (Fsp3) is 0.533. The lowest BCUT2D eigenvalue weighted by Gasteiger charge is -2.12. The van der Waals surface area contributed by atoms with Crippen LogP contribution in [0, 0.1) is 0 Å². The van der Waals surface area contributed by atoms with Crippen LogP contribution in [0.25, 0.3) is 11.0 Å². The minimum absolute atomic E-state index is 0.0476. The summed E-state index contributed by atoms with van der Waals surface area (Å²) in [5, 5.41) is 19.1. The van der Waals surface area contributed by atoms with E-state index in [1.807, 2.05) is 0 Å². The molecule has 0 spiro atoms. The first-order valence-electron chi connectivity index (χ1n) is 8.22. The highest BCUT2D eigenvalue weighted by molar-refractivity contribution is 7.89. The number of carbonyl (C=O) groups is 1. The monoisotopic (exact) mass is 385 g/mol. The number of hydroxylamine groups is 1. The maximum Gasteiger partial charge on any atom is 0.244 e. The molecule has 1 aromatic heterocycles. The Hall–Kier alpha value is -2.24.